The molecule has 0 fully saturated rings. The molecular formula is C21H30O5S. The molecule has 1 aliphatic carbocycles. The van der Waals surface area contributed by atoms with Crippen molar-refractivity contribution in [3.8, 4) is 11.5 Å². The van der Waals surface area contributed by atoms with E-state index < -0.39 is 10.4 Å². The van der Waals surface area contributed by atoms with Gasteiger partial charge in [0.1, 0.15) is 11.4 Å². The number of ether oxygens (including phenoxy) is 1. The average Bonchev–Trinajstić information content (AvgIpc) is 2.52. The van der Waals surface area contributed by atoms with Crippen molar-refractivity contribution in [2.24, 2.45) is 5.92 Å². The summed E-state index contributed by atoms with van der Waals surface area (Å²) in [5.41, 5.74) is 2.62. The third-order valence-electron chi connectivity index (χ3n) is 5.77. The van der Waals surface area contributed by atoms with Gasteiger partial charge in [-0.1, -0.05) is 31.4 Å². The van der Waals surface area contributed by atoms with Gasteiger partial charge < -0.3 is 8.92 Å². The fourth-order valence-corrected chi connectivity index (χ4v) is 4.83. The molecule has 2 atom stereocenters. The largest absolute Gasteiger partial charge is 0.487 e. The molecule has 0 radical (unpaired) electrons. The van der Waals surface area contributed by atoms with Crippen molar-refractivity contribution >= 4 is 10.4 Å². The van der Waals surface area contributed by atoms with Crippen LogP contribution in [0.1, 0.15) is 76.8 Å². The first-order valence-corrected chi connectivity index (χ1v) is 11.2. The number of allylic oxidation sites excluding steroid dienone is 2. The molecule has 1 heterocycles. The molecule has 2 aliphatic rings. The van der Waals surface area contributed by atoms with Gasteiger partial charge in [0.15, 0.2) is 5.75 Å². The number of hydrogen-bond acceptors (Lipinski definition) is 4. The predicted octanol–water partition coefficient (Wildman–Crippen LogP) is 5.21. The highest BCUT2D eigenvalue weighted by molar-refractivity contribution is 7.81. The molecule has 0 saturated carbocycles. The summed E-state index contributed by atoms with van der Waals surface area (Å²) < 4.78 is 43.7. The standard InChI is InChI=1S/C21H30O5S/c1-5-6-7-8-15-12-18-20(19(13-15)26-27(22,23)24)16-11-14(2)9-10-17(16)21(3,4)25-18/h11-13,16-17H,5-10H2,1-4H3,(H,22,23,24). The lowest BCUT2D eigenvalue weighted by atomic mass is 9.68. The predicted molar refractivity (Wildman–Crippen MR) is 106 cm³/mol. The van der Waals surface area contributed by atoms with Crippen LogP contribution in [0.2, 0.25) is 0 Å². The van der Waals surface area contributed by atoms with E-state index in [1.54, 1.807) is 6.07 Å². The molecule has 0 bridgehead atoms. The summed E-state index contributed by atoms with van der Waals surface area (Å²) in [4.78, 5) is 0. The summed E-state index contributed by atoms with van der Waals surface area (Å²) in [5.74, 6) is 1.10. The third-order valence-corrected chi connectivity index (χ3v) is 6.16. The van der Waals surface area contributed by atoms with Crippen LogP contribution in [-0.2, 0) is 16.8 Å². The van der Waals surface area contributed by atoms with Crippen LogP contribution in [-0.4, -0.2) is 18.6 Å². The monoisotopic (exact) mass is 394 g/mol. The number of hydrogen-bond donors (Lipinski definition) is 1. The van der Waals surface area contributed by atoms with E-state index in [0.717, 1.165) is 49.7 Å². The van der Waals surface area contributed by atoms with Gasteiger partial charge in [-0.25, -0.2) is 0 Å². The smallest absolute Gasteiger partial charge is 0.446 e. The summed E-state index contributed by atoms with van der Waals surface area (Å²) in [5, 5.41) is 0. The van der Waals surface area contributed by atoms with E-state index in [2.05, 4.69) is 33.8 Å². The maximum atomic E-state index is 11.5. The quantitative estimate of drug-likeness (QED) is 0.407. The molecule has 1 aromatic carbocycles. The van der Waals surface area contributed by atoms with Gasteiger partial charge in [0.05, 0.1) is 0 Å². The molecule has 150 valence electrons. The fraction of sp³-hybridized carbons (Fsp3) is 0.619. The van der Waals surface area contributed by atoms with Crippen molar-refractivity contribution in [1.29, 1.82) is 0 Å². The first-order valence-electron chi connectivity index (χ1n) is 9.80. The van der Waals surface area contributed by atoms with Crippen LogP contribution in [0.15, 0.2) is 23.8 Å². The van der Waals surface area contributed by atoms with Crippen LogP contribution in [0, 0.1) is 5.92 Å². The van der Waals surface area contributed by atoms with Crippen LogP contribution >= 0.6 is 0 Å². The summed E-state index contributed by atoms with van der Waals surface area (Å²) in [6.45, 7) is 8.42. The average molecular weight is 395 g/mol. The Morgan fingerprint density at radius 2 is 2.04 bits per heavy atom. The van der Waals surface area contributed by atoms with Gasteiger partial charge in [-0.05, 0) is 64.2 Å². The molecule has 3 rings (SSSR count). The zero-order valence-corrected chi connectivity index (χ0v) is 17.4. The molecule has 27 heavy (non-hydrogen) atoms. The molecule has 0 spiro atoms. The maximum Gasteiger partial charge on any atom is 0.446 e. The lowest BCUT2D eigenvalue weighted by Gasteiger charge is -2.46. The Morgan fingerprint density at radius 3 is 2.70 bits per heavy atom. The SMILES string of the molecule is CCCCCc1cc2c(c(OS(=O)(=O)O)c1)C1C=C(C)CCC1C(C)(C)O2. The second kappa shape index (κ2) is 7.47. The van der Waals surface area contributed by atoms with Crippen molar-refractivity contribution in [3.05, 3.63) is 34.9 Å². The topological polar surface area (TPSA) is 72.8 Å². The Kier molecular flexibility index (Phi) is 5.59. The van der Waals surface area contributed by atoms with Gasteiger partial charge in [-0.2, -0.15) is 8.42 Å². The molecule has 5 nitrogen and oxygen atoms in total. The van der Waals surface area contributed by atoms with Gasteiger partial charge >= 0.3 is 10.4 Å². The van der Waals surface area contributed by atoms with Crippen molar-refractivity contribution in [2.45, 2.75) is 77.7 Å². The first-order chi connectivity index (χ1) is 12.6. The van der Waals surface area contributed by atoms with Crippen LogP contribution in [0.3, 0.4) is 0 Å². The zero-order chi connectivity index (χ0) is 19.8. The molecule has 2 unspecified atom stereocenters. The molecule has 1 aromatic rings. The van der Waals surface area contributed by atoms with E-state index in [1.807, 2.05) is 6.07 Å². The van der Waals surface area contributed by atoms with E-state index in [-0.39, 0.29) is 23.2 Å². The molecule has 1 N–H and O–H groups in total. The van der Waals surface area contributed by atoms with Gasteiger partial charge in [0, 0.05) is 17.4 Å². The first kappa shape index (κ1) is 20.2. The molecular weight excluding hydrogens is 364 g/mol. The second-order valence-electron chi connectivity index (χ2n) is 8.36. The summed E-state index contributed by atoms with van der Waals surface area (Å²) >= 11 is 0. The molecule has 0 aromatic heterocycles. The van der Waals surface area contributed by atoms with E-state index in [0.29, 0.717) is 5.75 Å². The number of fused-ring (bicyclic) bond motifs is 3. The fourth-order valence-electron chi connectivity index (χ4n) is 4.47. The Labute approximate surface area is 162 Å². The summed E-state index contributed by atoms with van der Waals surface area (Å²) in [7, 11) is -4.61. The lowest BCUT2D eigenvalue weighted by Crippen LogP contribution is -2.45. The lowest BCUT2D eigenvalue weighted by molar-refractivity contribution is 0.0110. The number of benzene rings is 1. The van der Waals surface area contributed by atoms with Crippen LogP contribution in [0.5, 0.6) is 11.5 Å². The van der Waals surface area contributed by atoms with Crippen molar-refractivity contribution in [2.75, 3.05) is 0 Å². The van der Waals surface area contributed by atoms with E-state index in [9.17, 15) is 13.0 Å². The number of unbranched alkanes of at least 4 members (excludes halogenated alkanes) is 2. The van der Waals surface area contributed by atoms with Crippen LogP contribution < -0.4 is 8.92 Å². The Balaban J connectivity index is 2.12. The zero-order valence-electron chi connectivity index (χ0n) is 16.6. The van der Waals surface area contributed by atoms with Gasteiger partial charge in [-0.3, -0.25) is 4.55 Å². The normalized spacial score (nSPS) is 23.7. The second-order valence-corrected chi connectivity index (χ2v) is 9.39. The van der Waals surface area contributed by atoms with Gasteiger partial charge in [0.25, 0.3) is 0 Å². The molecule has 0 saturated heterocycles. The Hall–Kier alpha value is -1.53. The van der Waals surface area contributed by atoms with Crippen molar-refractivity contribution in [3.63, 3.8) is 0 Å². The van der Waals surface area contributed by atoms with Crippen molar-refractivity contribution < 1.29 is 21.9 Å². The minimum atomic E-state index is -4.61. The maximum absolute atomic E-state index is 11.5. The van der Waals surface area contributed by atoms with E-state index >= 15 is 0 Å². The summed E-state index contributed by atoms with van der Waals surface area (Å²) in [6.07, 6.45) is 8.22. The van der Waals surface area contributed by atoms with Crippen LogP contribution in [0.25, 0.3) is 0 Å². The minimum absolute atomic E-state index is 0.0129. The van der Waals surface area contributed by atoms with Crippen molar-refractivity contribution in [1.82, 2.24) is 0 Å². The highest BCUT2D eigenvalue weighted by atomic mass is 32.3. The van der Waals surface area contributed by atoms with Gasteiger partial charge in [-0.15, -0.1) is 0 Å². The van der Waals surface area contributed by atoms with Crippen LogP contribution in [0.4, 0.5) is 0 Å². The van der Waals surface area contributed by atoms with Gasteiger partial charge in [0.2, 0.25) is 0 Å². The highest BCUT2D eigenvalue weighted by Crippen LogP contribution is 2.53. The Morgan fingerprint density at radius 1 is 1.30 bits per heavy atom. The Bertz CT molecular complexity index is 838. The third kappa shape index (κ3) is 4.49. The molecule has 6 heteroatoms. The molecule has 1 aliphatic heterocycles. The number of aryl methyl sites for hydroxylation is 1. The minimum Gasteiger partial charge on any atom is -0.487 e. The van der Waals surface area contributed by atoms with E-state index in [4.69, 9.17) is 8.92 Å². The molecule has 0 amide bonds. The summed E-state index contributed by atoms with van der Waals surface area (Å²) in [6, 6.07) is 3.76. The highest BCUT2D eigenvalue weighted by Gasteiger charge is 2.45. The van der Waals surface area contributed by atoms with E-state index in [1.165, 1.54) is 5.57 Å². The number of rotatable bonds is 6.